The molecule has 0 atom stereocenters. The lowest BCUT2D eigenvalue weighted by atomic mass is 9.97. The third-order valence-corrected chi connectivity index (χ3v) is 7.69. The Balaban J connectivity index is 1.36. The van der Waals surface area contributed by atoms with Gasteiger partial charge in [0.25, 0.3) is 11.8 Å². The number of carbonyl (C=O) groups excluding carboxylic acids is 2. The van der Waals surface area contributed by atoms with Crippen LogP contribution in [0.15, 0.2) is 35.7 Å². The Morgan fingerprint density at radius 2 is 1.59 bits per heavy atom. The lowest BCUT2D eigenvalue weighted by Crippen LogP contribution is -2.38. The van der Waals surface area contributed by atoms with Crippen LogP contribution in [0, 0.1) is 0 Å². The fourth-order valence-corrected chi connectivity index (χ4v) is 5.56. The highest BCUT2D eigenvalue weighted by molar-refractivity contribution is 7.09. The molecule has 4 rings (SSSR count). The summed E-state index contributed by atoms with van der Waals surface area (Å²) in [4.78, 5) is 32.5. The molecular formula is C28H33N3O7S. The van der Waals surface area contributed by atoms with E-state index in [1.807, 2.05) is 17.0 Å². The molecule has 1 fully saturated rings. The molecule has 1 aliphatic rings. The van der Waals surface area contributed by atoms with Crippen molar-refractivity contribution in [2.24, 2.45) is 0 Å². The molecule has 1 aromatic heterocycles. The molecule has 11 heteroatoms. The van der Waals surface area contributed by atoms with E-state index in [0.29, 0.717) is 59.6 Å². The molecule has 2 aromatic carbocycles. The van der Waals surface area contributed by atoms with Crippen molar-refractivity contribution in [3.8, 4) is 28.7 Å². The van der Waals surface area contributed by atoms with Gasteiger partial charge < -0.3 is 33.9 Å². The minimum Gasteiger partial charge on any atom is -0.497 e. The third-order valence-electron chi connectivity index (χ3n) is 6.68. The second-order valence-electron chi connectivity index (χ2n) is 8.92. The Hall–Kier alpha value is -3.99. The molecule has 10 nitrogen and oxygen atoms in total. The number of carbonyl (C=O) groups is 2. The zero-order valence-electron chi connectivity index (χ0n) is 22.7. The van der Waals surface area contributed by atoms with Crippen molar-refractivity contribution in [1.82, 2.24) is 15.2 Å². The summed E-state index contributed by atoms with van der Waals surface area (Å²) in [6.07, 6.45) is 1.50. The molecule has 0 spiro atoms. The van der Waals surface area contributed by atoms with Gasteiger partial charge in [-0.15, -0.1) is 11.3 Å². The number of rotatable bonds is 10. The first-order valence-corrected chi connectivity index (χ1v) is 13.3. The minimum atomic E-state index is -0.243. The number of piperidine rings is 1. The number of methoxy groups -OCH3 is 5. The van der Waals surface area contributed by atoms with Gasteiger partial charge in [0.1, 0.15) is 17.2 Å². The summed E-state index contributed by atoms with van der Waals surface area (Å²) in [5, 5.41) is 5.60. The molecule has 0 aliphatic carbocycles. The predicted octanol–water partition coefficient (Wildman–Crippen LogP) is 4.14. The molecule has 1 saturated heterocycles. The van der Waals surface area contributed by atoms with E-state index in [9.17, 15) is 9.59 Å². The summed E-state index contributed by atoms with van der Waals surface area (Å²) in [6, 6.07) is 8.88. The zero-order chi connectivity index (χ0) is 27.9. The van der Waals surface area contributed by atoms with Gasteiger partial charge in [-0.2, -0.15) is 0 Å². The number of benzene rings is 2. The number of ether oxygens (including phenoxy) is 5. The number of likely N-dealkylation sites (tertiary alicyclic amines) is 1. The molecule has 3 aromatic rings. The van der Waals surface area contributed by atoms with Gasteiger partial charge in [0.15, 0.2) is 11.5 Å². The molecule has 1 aliphatic heterocycles. The summed E-state index contributed by atoms with van der Waals surface area (Å²) in [5.41, 5.74) is 1.67. The molecule has 208 valence electrons. The number of nitrogens with one attached hydrogen (secondary N) is 1. The smallest absolute Gasteiger partial charge is 0.271 e. The number of nitrogens with zero attached hydrogens (tertiary/aromatic N) is 2. The van der Waals surface area contributed by atoms with Gasteiger partial charge in [0.2, 0.25) is 5.75 Å². The highest BCUT2D eigenvalue weighted by Gasteiger charge is 2.30. The van der Waals surface area contributed by atoms with E-state index in [4.69, 9.17) is 23.7 Å². The van der Waals surface area contributed by atoms with Crippen LogP contribution in [0.5, 0.6) is 28.7 Å². The normalized spacial score (nSPS) is 13.5. The van der Waals surface area contributed by atoms with Gasteiger partial charge in [-0.05, 0) is 42.7 Å². The maximum Gasteiger partial charge on any atom is 0.271 e. The lowest BCUT2D eigenvalue weighted by molar-refractivity contribution is 0.0708. The maximum absolute atomic E-state index is 13.3. The third kappa shape index (κ3) is 6.19. The van der Waals surface area contributed by atoms with E-state index in [0.717, 1.165) is 23.4 Å². The van der Waals surface area contributed by atoms with E-state index in [-0.39, 0.29) is 17.7 Å². The summed E-state index contributed by atoms with van der Waals surface area (Å²) >= 11 is 1.47. The molecule has 0 radical (unpaired) electrons. The van der Waals surface area contributed by atoms with Crippen molar-refractivity contribution < 1.29 is 33.3 Å². The summed E-state index contributed by atoms with van der Waals surface area (Å²) in [7, 11) is 7.72. The van der Waals surface area contributed by atoms with Crippen molar-refractivity contribution in [2.45, 2.75) is 25.3 Å². The Morgan fingerprint density at radius 3 is 2.18 bits per heavy atom. The SMILES string of the molecule is COc1cc(CNC(=O)c2csc(C3CCN(C(=O)c4ccc(OC)c(OC)c4OC)CC3)n2)cc(OC)c1. The van der Waals surface area contributed by atoms with Crippen LogP contribution in [0.2, 0.25) is 0 Å². The number of amides is 2. The predicted molar refractivity (Wildman–Crippen MR) is 147 cm³/mol. The first kappa shape index (κ1) is 28.0. The van der Waals surface area contributed by atoms with E-state index >= 15 is 0 Å². The lowest BCUT2D eigenvalue weighted by Gasteiger charge is -2.31. The molecule has 0 unspecified atom stereocenters. The largest absolute Gasteiger partial charge is 0.497 e. The fourth-order valence-electron chi connectivity index (χ4n) is 4.59. The van der Waals surface area contributed by atoms with Gasteiger partial charge in [0.05, 0.1) is 46.1 Å². The van der Waals surface area contributed by atoms with Crippen LogP contribution in [0.25, 0.3) is 0 Å². The standard InChI is InChI=1S/C28H33N3O7S/c1-34-19-12-17(13-20(14-19)35-2)15-29-26(32)22-16-39-27(30-22)18-8-10-31(11-9-18)28(33)21-6-7-23(36-3)25(38-5)24(21)37-4/h6-7,12-14,16,18H,8-11,15H2,1-5H3,(H,29,32). The summed E-state index contributed by atoms with van der Waals surface area (Å²) < 4.78 is 26.8. The summed E-state index contributed by atoms with van der Waals surface area (Å²) in [6.45, 7) is 1.46. The van der Waals surface area contributed by atoms with Gasteiger partial charge >= 0.3 is 0 Å². The molecule has 2 heterocycles. The van der Waals surface area contributed by atoms with E-state index in [1.54, 1.807) is 37.8 Å². The average Bonchev–Trinajstić information content (AvgIpc) is 3.49. The molecule has 1 N–H and O–H groups in total. The van der Waals surface area contributed by atoms with Crippen LogP contribution < -0.4 is 29.0 Å². The van der Waals surface area contributed by atoms with Gasteiger partial charge in [-0.1, -0.05) is 0 Å². The number of hydrogen-bond donors (Lipinski definition) is 1. The first-order valence-electron chi connectivity index (χ1n) is 12.5. The number of hydrogen-bond acceptors (Lipinski definition) is 9. The zero-order valence-corrected chi connectivity index (χ0v) is 23.6. The molecule has 39 heavy (non-hydrogen) atoms. The Labute approximate surface area is 231 Å². The maximum atomic E-state index is 13.3. The van der Waals surface area contributed by atoms with E-state index < -0.39 is 0 Å². The van der Waals surface area contributed by atoms with Gasteiger partial charge in [-0.25, -0.2) is 4.98 Å². The monoisotopic (exact) mass is 555 g/mol. The van der Waals surface area contributed by atoms with E-state index in [2.05, 4.69) is 10.3 Å². The van der Waals surface area contributed by atoms with Crippen LogP contribution in [0.3, 0.4) is 0 Å². The van der Waals surface area contributed by atoms with Crippen LogP contribution in [0.1, 0.15) is 50.2 Å². The Bertz CT molecular complexity index is 1300. The number of thiazole rings is 1. The number of aromatic nitrogens is 1. The highest BCUT2D eigenvalue weighted by atomic mass is 32.1. The Kier molecular flexibility index (Phi) is 9.13. The molecule has 2 amide bonds. The van der Waals surface area contributed by atoms with Crippen molar-refractivity contribution in [3.63, 3.8) is 0 Å². The Morgan fingerprint density at radius 1 is 0.923 bits per heavy atom. The second kappa shape index (κ2) is 12.7. The minimum absolute atomic E-state index is 0.125. The van der Waals surface area contributed by atoms with Crippen LogP contribution in [-0.2, 0) is 6.54 Å². The fraction of sp³-hybridized carbons (Fsp3) is 0.393. The van der Waals surface area contributed by atoms with Gasteiger partial charge in [0, 0.05) is 37.0 Å². The highest BCUT2D eigenvalue weighted by Crippen LogP contribution is 2.41. The molecule has 0 saturated carbocycles. The van der Waals surface area contributed by atoms with Crippen molar-refractivity contribution in [1.29, 1.82) is 0 Å². The average molecular weight is 556 g/mol. The van der Waals surface area contributed by atoms with E-state index in [1.165, 1.54) is 32.7 Å². The van der Waals surface area contributed by atoms with Crippen LogP contribution >= 0.6 is 11.3 Å². The van der Waals surface area contributed by atoms with Crippen LogP contribution in [0.4, 0.5) is 0 Å². The van der Waals surface area contributed by atoms with Crippen molar-refractivity contribution >= 4 is 23.2 Å². The van der Waals surface area contributed by atoms with Crippen molar-refractivity contribution in [3.05, 3.63) is 57.5 Å². The second-order valence-corrected chi connectivity index (χ2v) is 9.81. The quantitative estimate of drug-likeness (QED) is 0.398. The summed E-state index contributed by atoms with van der Waals surface area (Å²) in [5.74, 6) is 2.36. The van der Waals surface area contributed by atoms with Gasteiger partial charge in [-0.3, -0.25) is 9.59 Å². The van der Waals surface area contributed by atoms with Crippen molar-refractivity contribution in [2.75, 3.05) is 48.6 Å². The van der Waals surface area contributed by atoms with Crippen LogP contribution in [-0.4, -0.2) is 70.3 Å². The molecular weight excluding hydrogens is 522 g/mol. The first-order chi connectivity index (χ1) is 18.9. The molecule has 0 bridgehead atoms. The topological polar surface area (TPSA) is 108 Å².